The predicted octanol–water partition coefficient (Wildman–Crippen LogP) is 3.70. The maximum Gasteiger partial charge on any atom is 0.255 e. The molecule has 4 nitrogen and oxygen atoms in total. The number of rotatable bonds is 5. The first kappa shape index (κ1) is 14.9. The SMILES string of the molecule is CC[C@@H](C)Oc1ccc(C(=O)Nc2ccc(N)cc2)cc1. The number of ether oxygens (including phenoxy) is 1. The van der Waals surface area contributed by atoms with Crippen LogP contribution in [0, 0.1) is 0 Å². The second kappa shape index (κ2) is 6.79. The minimum absolute atomic E-state index is 0.158. The molecule has 0 saturated heterocycles. The van der Waals surface area contributed by atoms with Crippen molar-refractivity contribution in [3.05, 3.63) is 54.1 Å². The van der Waals surface area contributed by atoms with Crippen LogP contribution in [0.4, 0.5) is 11.4 Å². The number of benzene rings is 2. The second-order valence-corrected chi connectivity index (χ2v) is 4.94. The van der Waals surface area contributed by atoms with Crippen molar-refractivity contribution >= 4 is 17.3 Å². The van der Waals surface area contributed by atoms with E-state index in [1.165, 1.54) is 0 Å². The van der Waals surface area contributed by atoms with Gasteiger partial charge in [0.25, 0.3) is 5.91 Å². The number of nitrogens with two attached hydrogens (primary N) is 1. The lowest BCUT2D eigenvalue weighted by molar-refractivity contribution is 0.102. The topological polar surface area (TPSA) is 64.3 Å². The molecule has 1 amide bonds. The summed E-state index contributed by atoms with van der Waals surface area (Å²) < 4.78 is 5.68. The van der Waals surface area contributed by atoms with Crippen LogP contribution in [0.1, 0.15) is 30.6 Å². The third-order valence-corrected chi connectivity index (χ3v) is 3.20. The van der Waals surface area contributed by atoms with E-state index in [1.807, 2.05) is 19.1 Å². The maximum atomic E-state index is 12.1. The molecule has 0 unspecified atom stereocenters. The van der Waals surface area contributed by atoms with Crippen molar-refractivity contribution < 1.29 is 9.53 Å². The van der Waals surface area contributed by atoms with Gasteiger partial charge in [-0.05, 0) is 61.9 Å². The lowest BCUT2D eigenvalue weighted by atomic mass is 10.2. The molecule has 1 atom stereocenters. The van der Waals surface area contributed by atoms with E-state index in [0.29, 0.717) is 16.9 Å². The first-order valence-corrected chi connectivity index (χ1v) is 7.02. The molecule has 3 N–H and O–H groups in total. The van der Waals surface area contributed by atoms with E-state index in [-0.39, 0.29) is 12.0 Å². The molecule has 0 aliphatic carbocycles. The molecule has 0 aliphatic rings. The van der Waals surface area contributed by atoms with Gasteiger partial charge in [0, 0.05) is 16.9 Å². The van der Waals surface area contributed by atoms with Gasteiger partial charge in [-0.25, -0.2) is 0 Å². The van der Waals surface area contributed by atoms with Gasteiger partial charge in [-0.2, -0.15) is 0 Å². The largest absolute Gasteiger partial charge is 0.491 e. The van der Waals surface area contributed by atoms with Crippen molar-refractivity contribution in [3.8, 4) is 5.75 Å². The molecule has 0 radical (unpaired) electrons. The van der Waals surface area contributed by atoms with Crippen LogP contribution in [0.3, 0.4) is 0 Å². The molecule has 0 aromatic heterocycles. The minimum Gasteiger partial charge on any atom is -0.491 e. The lowest BCUT2D eigenvalue weighted by Gasteiger charge is -2.12. The minimum atomic E-state index is -0.158. The maximum absolute atomic E-state index is 12.1. The van der Waals surface area contributed by atoms with E-state index in [9.17, 15) is 4.79 Å². The lowest BCUT2D eigenvalue weighted by Crippen LogP contribution is -2.12. The third kappa shape index (κ3) is 4.24. The van der Waals surface area contributed by atoms with Gasteiger partial charge < -0.3 is 15.8 Å². The highest BCUT2D eigenvalue weighted by molar-refractivity contribution is 6.04. The zero-order chi connectivity index (χ0) is 15.2. The van der Waals surface area contributed by atoms with E-state index in [1.54, 1.807) is 36.4 Å². The number of hydrogen-bond acceptors (Lipinski definition) is 3. The number of nitrogens with one attached hydrogen (secondary N) is 1. The van der Waals surface area contributed by atoms with Crippen LogP contribution >= 0.6 is 0 Å². The normalized spacial score (nSPS) is 11.7. The summed E-state index contributed by atoms with van der Waals surface area (Å²) in [5.74, 6) is 0.614. The summed E-state index contributed by atoms with van der Waals surface area (Å²) in [6.45, 7) is 4.08. The van der Waals surface area contributed by atoms with Crippen LogP contribution in [-0.4, -0.2) is 12.0 Å². The van der Waals surface area contributed by atoms with Crippen molar-refractivity contribution in [2.45, 2.75) is 26.4 Å². The first-order chi connectivity index (χ1) is 10.1. The summed E-state index contributed by atoms with van der Waals surface area (Å²) in [5, 5.41) is 2.82. The third-order valence-electron chi connectivity index (χ3n) is 3.20. The van der Waals surface area contributed by atoms with Gasteiger partial charge in [0.1, 0.15) is 5.75 Å². The molecule has 110 valence electrons. The molecule has 0 spiro atoms. The van der Waals surface area contributed by atoms with Gasteiger partial charge in [-0.1, -0.05) is 6.92 Å². The van der Waals surface area contributed by atoms with Crippen LogP contribution in [0.5, 0.6) is 5.75 Å². The van der Waals surface area contributed by atoms with Gasteiger partial charge in [0.15, 0.2) is 0 Å². The van der Waals surface area contributed by atoms with E-state index in [2.05, 4.69) is 12.2 Å². The Hall–Kier alpha value is -2.49. The first-order valence-electron chi connectivity index (χ1n) is 7.02. The molecule has 0 fully saturated rings. The molecule has 2 aromatic rings. The fraction of sp³-hybridized carbons (Fsp3) is 0.235. The van der Waals surface area contributed by atoms with Crippen molar-refractivity contribution in [1.82, 2.24) is 0 Å². The Morgan fingerprint density at radius 3 is 2.33 bits per heavy atom. The average Bonchev–Trinajstić information content (AvgIpc) is 2.50. The Morgan fingerprint density at radius 2 is 1.76 bits per heavy atom. The fourth-order valence-electron chi connectivity index (χ4n) is 1.77. The van der Waals surface area contributed by atoms with Gasteiger partial charge in [-0.3, -0.25) is 4.79 Å². The van der Waals surface area contributed by atoms with Gasteiger partial charge in [0.2, 0.25) is 0 Å². The summed E-state index contributed by atoms with van der Waals surface area (Å²) in [6, 6.07) is 14.2. The van der Waals surface area contributed by atoms with Crippen molar-refractivity contribution in [1.29, 1.82) is 0 Å². The predicted molar refractivity (Wildman–Crippen MR) is 85.6 cm³/mol. The summed E-state index contributed by atoms with van der Waals surface area (Å²) in [7, 11) is 0. The Balaban J connectivity index is 2.01. The molecule has 2 aromatic carbocycles. The monoisotopic (exact) mass is 284 g/mol. The molecule has 4 heteroatoms. The summed E-state index contributed by atoms with van der Waals surface area (Å²) >= 11 is 0. The highest BCUT2D eigenvalue weighted by Crippen LogP contribution is 2.16. The van der Waals surface area contributed by atoms with Crippen LogP contribution < -0.4 is 15.8 Å². The van der Waals surface area contributed by atoms with Crippen LogP contribution in [0.2, 0.25) is 0 Å². The smallest absolute Gasteiger partial charge is 0.255 e. The van der Waals surface area contributed by atoms with Crippen LogP contribution in [0.25, 0.3) is 0 Å². The Labute approximate surface area is 124 Å². The van der Waals surface area contributed by atoms with Gasteiger partial charge >= 0.3 is 0 Å². The van der Waals surface area contributed by atoms with Crippen molar-refractivity contribution in [2.75, 3.05) is 11.1 Å². The van der Waals surface area contributed by atoms with Crippen LogP contribution in [0.15, 0.2) is 48.5 Å². The van der Waals surface area contributed by atoms with E-state index >= 15 is 0 Å². The molecule has 0 heterocycles. The zero-order valence-corrected chi connectivity index (χ0v) is 12.3. The molecule has 2 rings (SSSR count). The van der Waals surface area contributed by atoms with Crippen molar-refractivity contribution in [2.24, 2.45) is 0 Å². The number of amides is 1. The highest BCUT2D eigenvalue weighted by Gasteiger charge is 2.07. The molecule has 0 aliphatic heterocycles. The number of carbonyl (C=O) groups is 1. The highest BCUT2D eigenvalue weighted by atomic mass is 16.5. The number of anilines is 2. The molecular formula is C17H20N2O2. The summed E-state index contributed by atoms with van der Waals surface area (Å²) in [6.07, 6.45) is 1.11. The summed E-state index contributed by atoms with van der Waals surface area (Å²) in [4.78, 5) is 12.1. The zero-order valence-electron chi connectivity index (χ0n) is 12.3. The van der Waals surface area contributed by atoms with Crippen molar-refractivity contribution in [3.63, 3.8) is 0 Å². The molecule has 0 saturated carbocycles. The van der Waals surface area contributed by atoms with Gasteiger partial charge in [-0.15, -0.1) is 0 Å². The standard InChI is InChI=1S/C17H20N2O2/c1-3-12(2)21-16-10-4-13(5-11-16)17(20)19-15-8-6-14(18)7-9-15/h4-12H,3,18H2,1-2H3,(H,19,20)/t12-/m1/s1. The van der Waals surface area contributed by atoms with Crippen LogP contribution in [-0.2, 0) is 0 Å². The van der Waals surface area contributed by atoms with E-state index in [4.69, 9.17) is 10.5 Å². The Bertz CT molecular complexity index is 591. The molecular weight excluding hydrogens is 264 g/mol. The average molecular weight is 284 g/mol. The molecule has 21 heavy (non-hydrogen) atoms. The number of nitrogen functional groups attached to an aromatic ring is 1. The van der Waals surface area contributed by atoms with E-state index in [0.717, 1.165) is 12.2 Å². The Morgan fingerprint density at radius 1 is 1.14 bits per heavy atom. The van der Waals surface area contributed by atoms with E-state index < -0.39 is 0 Å². The molecule has 0 bridgehead atoms. The summed E-state index contributed by atoms with van der Waals surface area (Å²) in [5.41, 5.74) is 7.58. The quantitative estimate of drug-likeness (QED) is 0.823. The Kier molecular flexibility index (Phi) is 4.82. The fourth-order valence-corrected chi connectivity index (χ4v) is 1.77. The number of hydrogen-bond donors (Lipinski definition) is 2. The number of carbonyl (C=O) groups excluding carboxylic acids is 1. The second-order valence-electron chi connectivity index (χ2n) is 4.94. The van der Waals surface area contributed by atoms with Gasteiger partial charge in [0.05, 0.1) is 6.10 Å².